The van der Waals surface area contributed by atoms with Gasteiger partial charge < -0.3 is 78.0 Å². The number of amides is 4. The van der Waals surface area contributed by atoms with Crippen LogP contribution < -0.4 is 38.5 Å². The molecule has 27 nitrogen and oxygen atoms in total. The third-order valence-corrected chi connectivity index (χ3v) is 16.6. The molecule has 0 bridgehead atoms. The number of aromatic nitrogens is 6. The largest absolute Gasteiger partial charge is 0.476 e. The maximum absolute atomic E-state index is 15.0. The Morgan fingerprint density at radius 1 is 0.505 bits per heavy atom. The van der Waals surface area contributed by atoms with Gasteiger partial charge in [-0.2, -0.15) is 40.5 Å². The molecule has 4 amide bonds. The van der Waals surface area contributed by atoms with Crippen LogP contribution >= 0.6 is 88.3 Å². The molecule has 0 spiro atoms. The van der Waals surface area contributed by atoms with Crippen molar-refractivity contribution in [2.24, 2.45) is 0 Å². The predicted molar refractivity (Wildman–Crippen MR) is 414 cm³/mol. The lowest BCUT2D eigenvalue weighted by molar-refractivity contribution is 0.0298. The quantitative estimate of drug-likeness (QED) is 0.0265. The lowest BCUT2D eigenvalue weighted by Gasteiger charge is -2.26. The minimum absolute atomic E-state index is 0. The van der Waals surface area contributed by atoms with Crippen molar-refractivity contribution in [1.82, 2.24) is 56.1 Å². The number of nitrogens with zero attached hydrogens (tertiary/aromatic N) is 7. The van der Waals surface area contributed by atoms with Gasteiger partial charge in [0.25, 0.3) is 23.6 Å². The number of ether oxygens (including phenoxy) is 3. The standard InChI is InChI=1S/C24H22BrF2N5O4.C22H19BrF2N4O4.C20H15BrF2N4O4.C4H9NO.3H2S/c25-15-7-14(8-16(26)10-15)20(12-33)31-23(34)17-2-1-13(9-18(17)27)21-22(28)29-11-19(30-21)24(35)32-3-5-36-6-4-32;1-2-33-22(32)17-9-27-20(26)19(28-17)11-3-4-15(16(25)7-11)21(31)29-18(10-30)12-5-13(23)8-14(24)6-12;21-11-3-10(4-12(22)6-11)16(8-28)27-19(29)13-2-1-9(5-14(13)23)17-18(24)25-7-15(26-17)20(30)31;1-3-6-4-2-5-1;;;/h1-2,7-11,20,33H,3-6,12H2,(H2,28,29)(H,31,34);3-9,18,30H,2,10H2,1H3,(H2,26,27)(H,29,31);1-7,16,28H,8H2,(H2,24,25)(H,27,29)(H,30,31);5H,1-4H2;3*1H2/t20-;18-;16-;;;;/m111..../s1. The lowest BCUT2D eigenvalue weighted by Crippen LogP contribution is -2.41. The summed E-state index contributed by atoms with van der Waals surface area (Å²) in [4.78, 5) is 99.1. The minimum Gasteiger partial charge on any atom is -0.476 e. The summed E-state index contributed by atoms with van der Waals surface area (Å²) in [5.41, 5.74) is 17.6. The van der Waals surface area contributed by atoms with Gasteiger partial charge in [-0.15, -0.1) is 0 Å². The van der Waals surface area contributed by atoms with E-state index in [9.17, 15) is 70.4 Å². The number of benzene rings is 6. The highest BCUT2D eigenvalue weighted by atomic mass is 79.9. The molecular weight excluding hydrogens is 1690 g/mol. The number of aromatic carboxylic acids is 1. The second kappa shape index (κ2) is 43.1. The van der Waals surface area contributed by atoms with E-state index in [0.717, 1.165) is 81.2 Å². The summed E-state index contributed by atoms with van der Waals surface area (Å²) in [5.74, 6) is -9.44. The van der Waals surface area contributed by atoms with Gasteiger partial charge in [-0.25, -0.2) is 65.8 Å². The number of carboxylic acids is 1. The smallest absolute Gasteiger partial charge is 0.358 e. The van der Waals surface area contributed by atoms with Gasteiger partial charge >= 0.3 is 11.9 Å². The van der Waals surface area contributed by atoms with Crippen LogP contribution in [0.4, 0.5) is 43.8 Å². The van der Waals surface area contributed by atoms with Crippen LogP contribution in [0.1, 0.15) is 104 Å². The van der Waals surface area contributed by atoms with Gasteiger partial charge in [0.15, 0.2) is 11.4 Å². The number of aliphatic hydroxyl groups excluding tert-OH is 3. The molecule has 109 heavy (non-hydrogen) atoms. The van der Waals surface area contributed by atoms with Crippen molar-refractivity contribution in [3.05, 3.63) is 227 Å². The normalized spacial score (nSPS) is 12.9. The van der Waals surface area contributed by atoms with Crippen LogP contribution in [-0.2, 0) is 14.2 Å². The van der Waals surface area contributed by atoms with E-state index in [4.69, 9.17) is 36.5 Å². The maximum Gasteiger partial charge on any atom is 0.358 e. The summed E-state index contributed by atoms with van der Waals surface area (Å²) in [6.45, 7) is 5.67. The summed E-state index contributed by atoms with van der Waals surface area (Å²) >= 11 is 9.44. The van der Waals surface area contributed by atoms with Crippen LogP contribution in [0.5, 0.6) is 0 Å². The van der Waals surface area contributed by atoms with E-state index < -0.39 is 103 Å². The predicted octanol–water partition coefficient (Wildman–Crippen LogP) is 8.98. The molecule has 11 rings (SSSR count). The highest BCUT2D eigenvalue weighted by molar-refractivity contribution is 9.11. The number of esters is 1. The van der Waals surface area contributed by atoms with Gasteiger partial charge in [0, 0.05) is 56.3 Å². The zero-order chi connectivity index (χ0) is 76.9. The number of carbonyl (C=O) groups excluding carboxylic acids is 5. The fourth-order valence-electron chi connectivity index (χ4n) is 10.1. The Kier molecular flexibility index (Phi) is 35.7. The third kappa shape index (κ3) is 25.1. The number of aliphatic hydroxyl groups is 3. The maximum atomic E-state index is 15.0. The monoisotopic (exact) mass is 1760 g/mol. The molecule has 6 aromatic carbocycles. The molecule has 580 valence electrons. The number of halogens is 9. The van der Waals surface area contributed by atoms with Gasteiger partial charge in [-0.3, -0.25) is 19.2 Å². The average Bonchev–Trinajstić information content (AvgIpc) is 0.791. The van der Waals surface area contributed by atoms with Crippen LogP contribution in [0.25, 0.3) is 33.8 Å². The minimum atomic E-state index is -1.33. The van der Waals surface area contributed by atoms with Crippen molar-refractivity contribution in [3.8, 4) is 33.8 Å². The highest BCUT2D eigenvalue weighted by Crippen LogP contribution is 2.31. The Hall–Kier alpha value is -9.39. The van der Waals surface area contributed by atoms with Crippen LogP contribution in [0, 0.1) is 34.9 Å². The Balaban J connectivity index is 0.000000278. The Morgan fingerprint density at radius 2 is 0.835 bits per heavy atom. The zero-order valence-corrected chi connectivity index (χ0v) is 64.8. The second-order valence-corrected chi connectivity index (χ2v) is 25.3. The summed E-state index contributed by atoms with van der Waals surface area (Å²) in [5, 5.41) is 48.6. The van der Waals surface area contributed by atoms with Crippen LogP contribution in [0.3, 0.4) is 0 Å². The Morgan fingerprint density at radius 3 is 1.14 bits per heavy atom. The first-order valence-electron chi connectivity index (χ1n) is 31.7. The van der Waals surface area contributed by atoms with Crippen LogP contribution in [0.15, 0.2) is 141 Å². The van der Waals surface area contributed by atoms with Gasteiger partial charge in [0.2, 0.25) is 0 Å². The zero-order valence-electron chi connectivity index (χ0n) is 57.1. The first kappa shape index (κ1) is 90.2. The van der Waals surface area contributed by atoms with E-state index >= 15 is 0 Å². The molecule has 0 saturated carbocycles. The first-order valence-corrected chi connectivity index (χ1v) is 34.0. The summed E-state index contributed by atoms with van der Waals surface area (Å²) in [6.07, 6.45) is 3.38. The summed E-state index contributed by atoms with van der Waals surface area (Å²) in [6, 6.07) is 19.6. The lowest BCUT2D eigenvalue weighted by atomic mass is 10.0. The molecule has 9 aromatic rings. The number of rotatable bonds is 19. The van der Waals surface area contributed by atoms with Gasteiger partial charge in [-0.05, 0) is 115 Å². The van der Waals surface area contributed by atoms with Gasteiger partial charge in [0.05, 0.1) is 106 Å². The molecule has 2 aliphatic rings. The first-order chi connectivity index (χ1) is 50.7. The number of nitrogens with one attached hydrogen (secondary N) is 4. The molecule has 0 radical (unpaired) electrons. The van der Waals surface area contributed by atoms with Crippen molar-refractivity contribution >= 4 is 141 Å². The highest BCUT2D eigenvalue weighted by Gasteiger charge is 2.27. The molecule has 0 aliphatic carbocycles. The number of nitrogen functional groups attached to an aromatic ring is 3. The van der Waals surface area contributed by atoms with Crippen molar-refractivity contribution in [2.75, 3.05) is 96.2 Å². The Labute approximate surface area is 664 Å². The number of hydrogen-bond donors (Lipinski definition) is 11. The van der Waals surface area contributed by atoms with E-state index in [2.05, 4.69) is 99.0 Å². The fraction of sp³-hybridized carbons (Fsp3) is 0.229. The molecule has 5 heterocycles. The number of nitrogens with two attached hydrogens (primary N) is 3. The van der Waals surface area contributed by atoms with E-state index in [1.54, 1.807) is 11.8 Å². The Bertz CT molecular complexity index is 4650. The van der Waals surface area contributed by atoms with Gasteiger partial charge in [0.1, 0.15) is 75.1 Å². The number of hydrogen-bond acceptors (Lipinski definition) is 22. The van der Waals surface area contributed by atoms with Crippen LogP contribution in [-0.4, -0.2) is 170 Å². The number of morpholine rings is 2. The summed E-state index contributed by atoms with van der Waals surface area (Å²) in [7, 11) is 0. The van der Waals surface area contributed by atoms with E-state index in [0.29, 0.717) is 50.8 Å². The molecule has 2 aliphatic heterocycles. The number of anilines is 3. The molecule has 39 heteroatoms. The van der Waals surface area contributed by atoms with E-state index in [-0.39, 0.29) is 144 Å². The molecule has 14 N–H and O–H groups in total. The fourth-order valence-corrected chi connectivity index (χ4v) is 11.5. The molecule has 3 atom stereocenters. The average molecular weight is 1770 g/mol. The molecule has 3 aromatic heterocycles. The third-order valence-electron chi connectivity index (χ3n) is 15.3. The second-order valence-electron chi connectivity index (χ2n) is 22.6. The molecule has 0 unspecified atom stereocenters. The number of carbonyl (C=O) groups is 6. The van der Waals surface area contributed by atoms with Gasteiger partial charge in [-0.1, -0.05) is 66.0 Å². The molecule has 2 saturated heterocycles. The topological polar surface area (TPSA) is 418 Å². The summed E-state index contributed by atoms with van der Waals surface area (Å²) < 4.78 is 102. The van der Waals surface area contributed by atoms with Crippen molar-refractivity contribution in [3.63, 3.8) is 0 Å². The van der Waals surface area contributed by atoms with Crippen molar-refractivity contribution in [1.29, 1.82) is 0 Å². The van der Waals surface area contributed by atoms with Crippen LogP contribution in [0.2, 0.25) is 0 Å². The SMILES string of the molecule is C1COCCN1.CCOC(=O)c1cnc(N)c(-c2ccc(C(=O)N[C@H](CO)c3cc(F)cc(Br)c3)c(F)c2)n1.Nc1ncc(C(=O)N2CCOCC2)nc1-c1ccc(C(=O)N[C@H](CO)c2cc(F)cc(Br)c2)c(F)c1.Nc1ncc(C(=O)O)nc1-c1ccc(C(=O)N[C@H](CO)c2cc(F)cc(Br)c2)c(F)c1.S.S.S. The van der Waals surface area contributed by atoms with Crippen molar-refractivity contribution < 1.29 is 89.7 Å². The molecule has 2 fully saturated rings. The van der Waals surface area contributed by atoms with Crippen molar-refractivity contribution in [2.45, 2.75) is 25.0 Å². The van der Waals surface area contributed by atoms with E-state index in [1.165, 1.54) is 72.9 Å². The van der Waals surface area contributed by atoms with E-state index in [1.807, 2.05) is 0 Å². The molecular formula is C70H71Br3F6N14O13S3. The number of carboxylic acid groups (broad SMARTS) is 1.